The average Bonchev–Trinajstić information content (AvgIpc) is 2.26. The predicted molar refractivity (Wildman–Crippen MR) is 79.1 cm³/mol. The van der Waals surface area contributed by atoms with Gasteiger partial charge in [0.05, 0.1) is 28.2 Å². The Morgan fingerprint density at radius 3 is 2.30 bits per heavy atom. The summed E-state index contributed by atoms with van der Waals surface area (Å²) in [4.78, 5) is 14.7. The second kappa shape index (κ2) is 5.62. The quantitative estimate of drug-likeness (QED) is 0.547. The minimum atomic E-state index is -1.02. The highest BCUT2D eigenvalue weighted by Gasteiger charge is 2.35. The average molecular weight is 282 g/mol. The third-order valence-electron chi connectivity index (χ3n) is 3.35. The van der Waals surface area contributed by atoms with E-state index in [1.165, 1.54) is 12.1 Å². The van der Waals surface area contributed by atoms with Crippen LogP contribution in [0.15, 0.2) is 12.1 Å². The highest BCUT2D eigenvalue weighted by molar-refractivity contribution is 5.55. The molecule has 0 saturated carbocycles. The van der Waals surface area contributed by atoms with Gasteiger partial charge in [0.15, 0.2) is 0 Å². The van der Waals surface area contributed by atoms with Crippen molar-refractivity contribution in [2.45, 2.75) is 45.8 Å². The second-order valence-corrected chi connectivity index (χ2v) is 5.69. The van der Waals surface area contributed by atoms with Gasteiger partial charge in [-0.1, -0.05) is 0 Å². The summed E-state index contributed by atoms with van der Waals surface area (Å²) in [5.41, 5.74) is -1.76. The summed E-state index contributed by atoms with van der Waals surface area (Å²) in [5, 5.41) is 27.1. The van der Waals surface area contributed by atoms with Crippen LogP contribution < -0.4 is 10.6 Å². The Balaban J connectivity index is 3.14. The molecule has 0 aromatic carbocycles. The van der Waals surface area contributed by atoms with Crippen molar-refractivity contribution < 1.29 is 10.0 Å². The van der Waals surface area contributed by atoms with E-state index in [4.69, 9.17) is 0 Å². The first-order chi connectivity index (χ1) is 9.06. The predicted octanol–water partition coefficient (Wildman–Crippen LogP) is 2.38. The number of hydrogen-bond acceptors (Lipinski definition) is 6. The second-order valence-electron chi connectivity index (χ2n) is 5.69. The lowest BCUT2D eigenvalue weighted by Gasteiger charge is -2.38. The molecule has 1 aromatic rings. The number of anilines is 2. The molecule has 1 heterocycles. The van der Waals surface area contributed by atoms with E-state index in [2.05, 4.69) is 15.6 Å². The summed E-state index contributed by atoms with van der Waals surface area (Å²) in [6.07, 6.45) is 0. The van der Waals surface area contributed by atoms with Crippen LogP contribution in [-0.2, 0) is 0 Å². The van der Waals surface area contributed by atoms with Crippen LogP contribution in [0.5, 0.6) is 0 Å². The van der Waals surface area contributed by atoms with Crippen molar-refractivity contribution in [2.24, 2.45) is 0 Å². The molecule has 0 fully saturated rings. The Kier molecular flexibility index (Phi) is 4.54. The van der Waals surface area contributed by atoms with Gasteiger partial charge in [-0.15, -0.1) is 0 Å². The first kappa shape index (κ1) is 16.2. The lowest BCUT2D eigenvalue weighted by Crippen LogP contribution is -2.51. The molecular weight excluding hydrogens is 260 g/mol. The number of nitro groups is 1. The van der Waals surface area contributed by atoms with Crippen LogP contribution in [0.2, 0.25) is 0 Å². The fourth-order valence-electron chi connectivity index (χ4n) is 1.43. The Morgan fingerprint density at radius 2 is 1.85 bits per heavy atom. The van der Waals surface area contributed by atoms with Crippen LogP contribution in [0.3, 0.4) is 0 Å². The van der Waals surface area contributed by atoms with Crippen molar-refractivity contribution in [1.82, 2.24) is 4.98 Å². The van der Waals surface area contributed by atoms with Gasteiger partial charge in [0.1, 0.15) is 11.6 Å². The summed E-state index contributed by atoms with van der Waals surface area (Å²) in [5.74, 6) is 0.776. The summed E-state index contributed by atoms with van der Waals surface area (Å²) < 4.78 is 0. The van der Waals surface area contributed by atoms with Gasteiger partial charge in [-0.25, -0.2) is 4.98 Å². The summed E-state index contributed by atoms with van der Waals surface area (Å²) in [6, 6.07) is 2.74. The van der Waals surface area contributed by atoms with E-state index in [9.17, 15) is 15.2 Å². The number of nitrogens with zero attached hydrogens (tertiary/aromatic N) is 2. The molecule has 0 spiro atoms. The normalized spacial score (nSPS) is 12.1. The van der Waals surface area contributed by atoms with Crippen LogP contribution in [-0.4, -0.2) is 32.7 Å². The number of nitrogens with one attached hydrogen (secondary N) is 2. The zero-order chi connectivity index (χ0) is 15.6. The molecule has 0 aliphatic carbocycles. The number of hydrogen-bond donors (Lipinski definition) is 3. The first-order valence-corrected chi connectivity index (χ1v) is 6.47. The van der Waals surface area contributed by atoms with Gasteiger partial charge < -0.3 is 15.7 Å². The van der Waals surface area contributed by atoms with E-state index in [-0.39, 0.29) is 5.69 Å². The molecular formula is C13H22N4O3. The van der Waals surface area contributed by atoms with E-state index in [0.29, 0.717) is 18.2 Å². The number of pyridine rings is 1. The zero-order valence-corrected chi connectivity index (χ0v) is 12.5. The number of aromatic nitrogens is 1. The molecule has 0 atom stereocenters. The minimum absolute atomic E-state index is 0.0509. The Hall–Kier alpha value is -1.89. The molecule has 0 aliphatic heterocycles. The third kappa shape index (κ3) is 3.80. The van der Waals surface area contributed by atoms with Gasteiger partial charge in [-0.2, -0.15) is 0 Å². The summed E-state index contributed by atoms with van der Waals surface area (Å²) in [6.45, 7) is 9.45. The van der Waals surface area contributed by atoms with Crippen LogP contribution in [0, 0.1) is 10.1 Å². The molecule has 0 unspecified atom stereocenters. The maximum Gasteiger partial charge on any atom is 0.276 e. The molecule has 0 aliphatic rings. The molecule has 1 rings (SSSR count). The van der Waals surface area contributed by atoms with Crippen LogP contribution in [0.1, 0.15) is 34.6 Å². The van der Waals surface area contributed by atoms with Gasteiger partial charge in [-0.3, -0.25) is 10.1 Å². The third-order valence-corrected chi connectivity index (χ3v) is 3.35. The molecule has 0 radical (unpaired) electrons. The van der Waals surface area contributed by atoms with Crippen LogP contribution in [0.4, 0.5) is 17.3 Å². The fourth-order valence-corrected chi connectivity index (χ4v) is 1.43. The molecule has 20 heavy (non-hydrogen) atoms. The molecule has 0 amide bonds. The summed E-state index contributed by atoms with van der Waals surface area (Å²) >= 11 is 0. The monoisotopic (exact) mass is 282 g/mol. The molecule has 0 saturated heterocycles. The first-order valence-electron chi connectivity index (χ1n) is 6.47. The van der Waals surface area contributed by atoms with Crippen molar-refractivity contribution in [3.63, 3.8) is 0 Å². The molecule has 1 aromatic heterocycles. The lowest BCUT2D eigenvalue weighted by atomic mass is 9.86. The molecule has 3 N–H and O–H groups in total. The van der Waals surface area contributed by atoms with Crippen molar-refractivity contribution in [3.8, 4) is 0 Å². The highest BCUT2D eigenvalue weighted by atomic mass is 16.6. The van der Waals surface area contributed by atoms with Gasteiger partial charge in [0.25, 0.3) is 5.69 Å². The van der Waals surface area contributed by atoms with Crippen molar-refractivity contribution in [3.05, 3.63) is 22.2 Å². The van der Waals surface area contributed by atoms with E-state index in [0.717, 1.165) is 0 Å². The zero-order valence-electron chi connectivity index (χ0n) is 12.5. The molecule has 0 bridgehead atoms. The van der Waals surface area contributed by atoms with Crippen molar-refractivity contribution >= 4 is 17.3 Å². The maximum absolute atomic E-state index is 10.9. The highest BCUT2D eigenvalue weighted by Crippen LogP contribution is 2.28. The van der Waals surface area contributed by atoms with E-state index in [1.807, 2.05) is 6.92 Å². The van der Waals surface area contributed by atoms with Gasteiger partial charge >= 0.3 is 0 Å². The largest absolute Gasteiger partial charge is 0.388 e. The van der Waals surface area contributed by atoms with Crippen LogP contribution >= 0.6 is 0 Å². The molecule has 7 nitrogen and oxygen atoms in total. The number of aliphatic hydroxyl groups is 1. The smallest absolute Gasteiger partial charge is 0.276 e. The van der Waals surface area contributed by atoms with Gasteiger partial charge in [0.2, 0.25) is 0 Å². The van der Waals surface area contributed by atoms with E-state index < -0.39 is 16.1 Å². The summed E-state index contributed by atoms with van der Waals surface area (Å²) in [7, 11) is 0. The lowest BCUT2D eigenvalue weighted by molar-refractivity contribution is -0.384. The Morgan fingerprint density at radius 1 is 1.30 bits per heavy atom. The topological polar surface area (TPSA) is 100 Å². The van der Waals surface area contributed by atoms with Gasteiger partial charge in [-0.05, 0) is 34.6 Å². The maximum atomic E-state index is 10.9. The minimum Gasteiger partial charge on any atom is -0.388 e. The van der Waals surface area contributed by atoms with E-state index in [1.54, 1.807) is 27.7 Å². The number of rotatable bonds is 6. The fraction of sp³-hybridized carbons (Fsp3) is 0.615. The van der Waals surface area contributed by atoms with Crippen molar-refractivity contribution in [2.75, 3.05) is 17.2 Å². The standard InChI is InChI=1S/C13H22N4O3/c1-6-14-10-7-9(17(19)20)8-11(15-10)16-12(2,3)13(4,5)18/h7-8,18H,6H2,1-5H3,(H2,14,15,16). The van der Waals surface area contributed by atoms with Crippen molar-refractivity contribution in [1.29, 1.82) is 0 Å². The molecule has 7 heteroatoms. The molecule has 112 valence electrons. The Bertz CT molecular complexity index is 495. The van der Waals surface area contributed by atoms with E-state index >= 15 is 0 Å². The SMILES string of the molecule is CCNc1cc([N+](=O)[O-])cc(NC(C)(C)C(C)(C)O)n1. The Labute approximate surface area is 118 Å². The van der Waals surface area contributed by atoms with Crippen LogP contribution in [0.25, 0.3) is 0 Å². The van der Waals surface area contributed by atoms with Gasteiger partial charge in [0, 0.05) is 6.54 Å².